The average molecular weight is 286 g/mol. The van der Waals surface area contributed by atoms with Crippen LogP contribution in [0.4, 0.5) is 0 Å². The van der Waals surface area contributed by atoms with E-state index in [1.165, 1.54) is 6.42 Å². The number of hydrogen-bond donors (Lipinski definition) is 0. The third kappa shape index (κ3) is 6.21. The van der Waals surface area contributed by atoms with Crippen molar-refractivity contribution in [2.45, 2.75) is 64.5 Å². The first-order chi connectivity index (χ1) is 8.83. The molecule has 1 heterocycles. The molecule has 1 fully saturated rings. The van der Waals surface area contributed by atoms with Gasteiger partial charge in [0.1, 0.15) is 0 Å². The summed E-state index contributed by atoms with van der Waals surface area (Å²) in [7, 11) is -1.61. The number of hydrogen-bond acceptors (Lipinski definition) is 3. The van der Waals surface area contributed by atoms with Crippen LogP contribution >= 0.6 is 0 Å². The van der Waals surface area contributed by atoms with Gasteiger partial charge in [0.05, 0.1) is 13.2 Å². The molecule has 4 heteroatoms. The van der Waals surface area contributed by atoms with Crippen molar-refractivity contribution in [3.05, 3.63) is 12.2 Å². The second kappa shape index (κ2) is 7.57. The molecular weight excluding hydrogens is 256 g/mol. The summed E-state index contributed by atoms with van der Waals surface area (Å²) in [6.07, 6.45) is 7.49. The molecule has 0 N–H and O–H groups in total. The topological polar surface area (TPSA) is 27.7 Å². The Kier molecular flexibility index (Phi) is 6.73. The van der Waals surface area contributed by atoms with E-state index in [0.717, 1.165) is 19.4 Å². The maximum atomic E-state index is 6.05. The van der Waals surface area contributed by atoms with Crippen molar-refractivity contribution in [2.75, 3.05) is 19.8 Å². The molecule has 3 nitrogen and oxygen atoms in total. The second-order valence-electron chi connectivity index (χ2n) is 6.67. The van der Waals surface area contributed by atoms with Gasteiger partial charge >= 0.3 is 0 Å². The van der Waals surface area contributed by atoms with Crippen molar-refractivity contribution in [1.29, 1.82) is 0 Å². The minimum absolute atomic E-state index is 0.000269. The highest BCUT2D eigenvalue weighted by molar-refractivity contribution is 6.74. The van der Waals surface area contributed by atoms with E-state index in [0.29, 0.717) is 13.2 Å². The average Bonchev–Trinajstić information content (AvgIpc) is 2.33. The van der Waals surface area contributed by atoms with Crippen LogP contribution in [-0.4, -0.2) is 34.4 Å². The molecule has 1 saturated heterocycles. The van der Waals surface area contributed by atoms with Crippen LogP contribution < -0.4 is 0 Å². The third-order valence-corrected chi connectivity index (χ3v) is 8.53. The molecule has 0 aliphatic carbocycles. The van der Waals surface area contributed by atoms with Crippen molar-refractivity contribution in [3.8, 4) is 0 Å². The quantitative estimate of drug-likeness (QED) is 0.543. The Bertz CT molecular complexity index is 276. The van der Waals surface area contributed by atoms with Gasteiger partial charge < -0.3 is 13.9 Å². The monoisotopic (exact) mass is 286 g/mol. The molecule has 1 atom stereocenters. The van der Waals surface area contributed by atoms with Gasteiger partial charge in [0, 0.05) is 6.61 Å². The Morgan fingerprint density at radius 3 is 2.42 bits per heavy atom. The number of rotatable bonds is 6. The van der Waals surface area contributed by atoms with Crippen molar-refractivity contribution < 1.29 is 13.9 Å². The van der Waals surface area contributed by atoms with Gasteiger partial charge in [0.2, 0.25) is 0 Å². The summed E-state index contributed by atoms with van der Waals surface area (Å²) in [5, 5.41) is 0.271. The third-order valence-electron chi connectivity index (χ3n) is 4.03. The summed E-state index contributed by atoms with van der Waals surface area (Å²) >= 11 is 0. The predicted octanol–water partition coefficient (Wildman–Crippen LogP) is 4.11. The van der Waals surface area contributed by atoms with Crippen molar-refractivity contribution in [1.82, 2.24) is 0 Å². The van der Waals surface area contributed by atoms with Crippen LogP contribution in [0, 0.1) is 0 Å². The molecule has 112 valence electrons. The van der Waals surface area contributed by atoms with Crippen LogP contribution in [0.1, 0.15) is 40.0 Å². The Labute approximate surface area is 119 Å². The fourth-order valence-corrected chi connectivity index (χ4v) is 2.56. The highest BCUT2D eigenvalue weighted by Crippen LogP contribution is 2.36. The zero-order valence-corrected chi connectivity index (χ0v) is 14.2. The Morgan fingerprint density at radius 1 is 1.16 bits per heavy atom. The SMILES string of the molecule is CC(C)(C)[Si](C)(C)OC/C=C\COC1CCCCO1. The molecule has 0 aromatic carbocycles. The minimum atomic E-state index is -1.61. The fraction of sp³-hybridized carbons (Fsp3) is 0.867. The van der Waals surface area contributed by atoms with Crippen LogP contribution in [0.15, 0.2) is 12.2 Å². The van der Waals surface area contributed by atoms with Crippen molar-refractivity contribution in [3.63, 3.8) is 0 Å². The van der Waals surface area contributed by atoms with Gasteiger partial charge in [-0.15, -0.1) is 0 Å². The van der Waals surface area contributed by atoms with Gasteiger partial charge in [0.15, 0.2) is 14.6 Å². The van der Waals surface area contributed by atoms with Gasteiger partial charge in [-0.1, -0.05) is 32.9 Å². The molecule has 0 spiro atoms. The lowest BCUT2D eigenvalue weighted by atomic mass is 10.2. The summed E-state index contributed by atoms with van der Waals surface area (Å²) in [5.74, 6) is 0. The molecule has 0 saturated carbocycles. The van der Waals surface area contributed by atoms with Crippen LogP contribution in [0.25, 0.3) is 0 Å². The van der Waals surface area contributed by atoms with Crippen LogP contribution in [0.3, 0.4) is 0 Å². The van der Waals surface area contributed by atoms with Crippen LogP contribution in [-0.2, 0) is 13.9 Å². The molecule has 1 unspecified atom stereocenters. The first kappa shape index (κ1) is 16.9. The van der Waals surface area contributed by atoms with E-state index in [4.69, 9.17) is 13.9 Å². The lowest BCUT2D eigenvalue weighted by Gasteiger charge is -2.35. The van der Waals surface area contributed by atoms with E-state index in [9.17, 15) is 0 Å². The molecule has 1 aliphatic rings. The first-order valence-corrected chi connectivity index (χ1v) is 10.3. The highest BCUT2D eigenvalue weighted by atomic mass is 28.4. The lowest BCUT2D eigenvalue weighted by Crippen LogP contribution is -2.40. The summed E-state index contributed by atoms with van der Waals surface area (Å²) in [4.78, 5) is 0. The Hall–Kier alpha value is -0.163. The van der Waals surface area contributed by atoms with E-state index in [1.54, 1.807) is 0 Å². The molecule has 0 bridgehead atoms. The standard InChI is InChI=1S/C15H30O3Si/c1-15(2,3)19(4,5)18-13-9-8-12-17-14-10-6-7-11-16-14/h8-9,14H,6-7,10-13H2,1-5H3/b9-8-. The van der Waals surface area contributed by atoms with Crippen molar-refractivity contribution >= 4 is 8.32 Å². The van der Waals surface area contributed by atoms with Crippen LogP contribution in [0.5, 0.6) is 0 Å². The molecule has 19 heavy (non-hydrogen) atoms. The van der Waals surface area contributed by atoms with Crippen molar-refractivity contribution in [2.24, 2.45) is 0 Å². The van der Waals surface area contributed by atoms with E-state index in [2.05, 4.69) is 39.9 Å². The van der Waals surface area contributed by atoms with E-state index in [-0.39, 0.29) is 11.3 Å². The van der Waals surface area contributed by atoms with E-state index < -0.39 is 8.32 Å². The van der Waals surface area contributed by atoms with Gasteiger partial charge in [-0.25, -0.2) is 0 Å². The molecule has 1 aliphatic heterocycles. The summed E-state index contributed by atoms with van der Waals surface area (Å²) in [5.41, 5.74) is 0. The molecule has 0 radical (unpaired) electrons. The lowest BCUT2D eigenvalue weighted by molar-refractivity contribution is -0.155. The zero-order valence-electron chi connectivity index (χ0n) is 13.2. The first-order valence-electron chi connectivity index (χ1n) is 7.35. The molecular formula is C15H30O3Si. The molecule has 0 aromatic rings. The largest absolute Gasteiger partial charge is 0.413 e. The van der Waals surface area contributed by atoms with E-state index in [1.807, 2.05) is 6.08 Å². The second-order valence-corrected chi connectivity index (χ2v) is 11.5. The zero-order chi connectivity index (χ0) is 14.4. The van der Waals surface area contributed by atoms with Gasteiger partial charge in [-0.3, -0.25) is 0 Å². The maximum Gasteiger partial charge on any atom is 0.192 e. The normalized spacial score (nSPS) is 22.1. The summed E-state index contributed by atoms with van der Waals surface area (Å²) < 4.78 is 17.2. The van der Waals surface area contributed by atoms with Gasteiger partial charge in [-0.2, -0.15) is 0 Å². The number of ether oxygens (including phenoxy) is 2. The fourth-order valence-electron chi connectivity index (χ4n) is 1.61. The Morgan fingerprint density at radius 2 is 1.84 bits per heavy atom. The predicted molar refractivity (Wildman–Crippen MR) is 81.8 cm³/mol. The minimum Gasteiger partial charge on any atom is -0.413 e. The maximum absolute atomic E-state index is 6.05. The van der Waals surface area contributed by atoms with Gasteiger partial charge in [0.25, 0.3) is 0 Å². The molecule has 1 rings (SSSR count). The Balaban J connectivity index is 2.13. The highest BCUT2D eigenvalue weighted by Gasteiger charge is 2.36. The van der Waals surface area contributed by atoms with Crippen LogP contribution in [0.2, 0.25) is 18.1 Å². The molecule has 0 aromatic heterocycles. The van der Waals surface area contributed by atoms with E-state index >= 15 is 0 Å². The smallest absolute Gasteiger partial charge is 0.192 e. The van der Waals surface area contributed by atoms with Gasteiger partial charge in [-0.05, 0) is 37.4 Å². The molecule has 0 amide bonds. The summed E-state index contributed by atoms with van der Waals surface area (Å²) in [6, 6.07) is 0. The summed E-state index contributed by atoms with van der Waals surface area (Å²) in [6.45, 7) is 13.4.